The van der Waals surface area contributed by atoms with Gasteiger partial charge in [0.05, 0.1) is 10.5 Å². The maximum absolute atomic E-state index is 10.6. The van der Waals surface area contributed by atoms with Gasteiger partial charge in [0.2, 0.25) is 6.20 Å². The first-order valence-electron chi connectivity index (χ1n) is 7.59. The van der Waals surface area contributed by atoms with Crippen LogP contribution in [0.2, 0.25) is 0 Å². The Kier molecular flexibility index (Phi) is 4.14. The summed E-state index contributed by atoms with van der Waals surface area (Å²) in [6.45, 7) is 12.9. The first kappa shape index (κ1) is 16.3. The predicted molar refractivity (Wildman–Crippen MR) is 92.6 cm³/mol. The fraction of sp³-hybridized carbons (Fsp3) is 0.444. The summed E-state index contributed by atoms with van der Waals surface area (Å²) in [4.78, 5) is 12.5. The van der Waals surface area contributed by atoms with Crippen LogP contribution in [-0.4, -0.2) is 16.5 Å². The van der Waals surface area contributed by atoms with E-state index in [1.807, 2.05) is 6.92 Å². The molecule has 0 aromatic heterocycles. The zero-order chi connectivity index (χ0) is 16.7. The van der Waals surface area contributed by atoms with Crippen molar-refractivity contribution in [2.24, 2.45) is 0 Å². The Morgan fingerprint density at radius 1 is 1.27 bits per heavy atom. The second-order valence-electron chi connectivity index (χ2n) is 6.77. The van der Waals surface area contributed by atoms with Gasteiger partial charge in [0.15, 0.2) is 0 Å². The number of allylic oxidation sites excluding steroid dienone is 1. The Bertz CT molecular complexity index is 670. The van der Waals surface area contributed by atoms with Gasteiger partial charge in [-0.15, -0.1) is 0 Å². The molecule has 1 aromatic rings. The van der Waals surface area contributed by atoms with Gasteiger partial charge in [0.1, 0.15) is 0 Å². The highest BCUT2D eigenvalue weighted by Crippen LogP contribution is 2.41. The van der Waals surface area contributed by atoms with Crippen molar-refractivity contribution in [2.45, 2.75) is 53.1 Å². The fourth-order valence-electron chi connectivity index (χ4n) is 3.48. The first-order chi connectivity index (χ1) is 10.1. The third-order valence-corrected chi connectivity index (χ3v) is 4.15. The Labute approximate surface area is 132 Å². The number of aryl methyl sites for hydroxylation is 1. The van der Waals surface area contributed by atoms with Crippen molar-refractivity contribution < 1.29 is 4.92 Å². The van der Waals surface area contributed by atoms with Crippen LogP contribution in [0.1, 0.15) is 51.3 Å². The van der Waals surface area contributed by atoms with Gasteiger partial charge in [0, 0.05) is 23.4 Å². The lowest BCUT2D eigenvalue weighted by molar-refractivity contribution is -0.400. The molecule has 1 aliphatic heterocycles. The monoisotopic (exact) mass is 300 g/mol. The second-order valence-corrected chi connectivity index (χ2v) is 6.77. The van der Waals surface area contributed by atoms with Crippen LogP contribution in [0.4, 0.5) is 5.69 Å². The number of nitrogens with zero attached hydrogens (tertiary/aromatic N) is 2. The molecule has 0 fully saturated rings. The molecule has 0 saturated carbocycles. The van der Waals surface area contributed by atoms with Crippen LogP contribution in [0, 0.1) is 17.0 Å². The van der Waals surface area contributed by atoms with E-state index in [2.05, 4.69) is 57.7 Å². The third kappa shape index (κ3) is 2.91. The summed E-state index contributed by atoms with van der Waals surface area (Å²) in [5.41, 5.74) is 5.47. The standard InChI is InChI=1S/C18H24N2O2/c1-12(2)20-17-9-13(3)15(7-8-19(21)22)10-16(17)14(4)11-18(20,5)6/h7-12H,1-6H3/b8-7-. The lowest BCUT2D eigenvalue weighted by atomic mass is 9.86. The van der Waals surface area contributed by atoms with Crippen molar-refractivity contribution in [2.75, 3.05) is 4.90 Å². The maximum Gasteiger partial charge on any atom is 0.235 e. The summed E-state index contributed by atoms with van der Waals surface area (Å²) < 4.78 is 0. The number of rotatable bonds is 3. The van der Waals surface area contributed by atoms with Crippen molar-refractivity contribution in [3.8, 4) is 0 Å². The van der Waals surface area contributed by atoms with Crippen LogP contribution in [0.15, 0.2) is 24.4 Å². The molecule has 1 aromatic carbocycles. The van der Waals surface area contributed by atoms with Crippen molar-refractivity contribution in [1.29, 1.82) is 0 Å². The van der Waals surface area contributed by atoms with Crippen molar-refractivity contribution >= 4 is 17.3 Å². The van der Waals surface area contributed by atoms with Crippen molar-refractivity contribution in [3.63, 3.8) is 0 Å². The first-order valence-corrected chi connectivity index (χ1v) is 7.59. The molecule has 0 unspecified atom stereocenters. The normalized spacial score (nSPS) is 16.9. The summed E-state index contributed by atoms with van der Waals surface area (Å²) in [6.07, 6.45) is 4.84. The van der Waals surface area contributed by atoms with Gasteiger partial charge in [-0.1, -0.05) is 6.08 Å². The van der Waals surface area contributed by atoms with E-state index in [4.69, 9.17) is 0 Å². The number of nitro groups is 1. The summed E-state index contributed by atoms with van der Waals surface area (Å²) in [6, 6.07) is 4.58. The highest BCUT2D eigenvalue weighted by molar-refractivity contribution is 5.83. The molecule has 1 aliphatic rings. The lowest BCUT2D eigenvalue weighted by Crippen LogP contribution is -2.49. The molecule has 4 heteroatoms. The summed E-state index contributed by atoms with van der Waals surface area (Å²) in [7, 11) is 0. The number of anilines is 1. The molecule has 118 valence electrons. The Morgan fingerprint density at radius 2 is 1.91 bits per heavy atom. The van der Waals surface area contributed by atoms with Gasteiger partial charge >= 0.3 is 0 Å². The molecule has 0 radical (unpaired) electrons. The molecule has 0 aliphatic carbocycles. The van der Waals surface area contributed by atoms with E-state index in [0.29, 0.717) is 6.04 Å². The molecular formula is C18H24N2O2. The van der Waals surface area contributed by atoms with Crippen LogP contribution in [-0.2, 0) is 0 Å². The van der Waals surface area contributed by atoms with Crippen molar-refractivity contribution in [3.05, 3.63) is 51.2 Å². The highest BCUT2D eigenvalue weighted by Gasteiger charge is 2.33. The smallest absolute Gasteiger partial charge is 0.235 e. The summed E-state index contributed by atoms with van der Waals surface area (Å²) in [5, 5.41) is 10.6. The summed E-state index contributed by atoms with van der Waals surface area (Å²) in [5.74, 6) is 0. The Hall–Kier alpha value is -2.10. The molecule has 22 heavy (non-hydrogen) atoms. The lowest BCUT2D eigenvalue weighted by Gasteiger charge is -2.46. The van der Waals surface area contributed by atoms with Crippen LogP contribution in [0.3, 0.4) is 0 Å². The van der Waals surface area contributed by atoms with Crippen LogP contribution in [0.25, 0.3) is 11.6 Å². The zero-order valence-electron chi connectivity index (χ0n) is 14.2. The topological polar surface area (TPSA) is 46.4 Å². The van der Waals surface area contributed by atoms with Crippen LogP contribution >= 0.6 is 0 Å². The molecule has 1 heterocycles. The fourth-order valence-corrected chi connectivity index (χ4v) is 3.48. The van der Waals surface area contributed by atoms with E-state index in [0.717, 1.165) is 22.9 Å². The number of benzene rings is 1. The molecule has 0 spiro atoms. The molecule has 0 saturated heterocycles. The minimum Gasteiger partial charge on any atom is -0.360 e. The molecule has 0 bridgehead atoms. The average molecular weight is 300 g/mol. The Balaban J connectivity index is 2.63. The quantitative estimate of drug-likeness (QED) is 0.603. The van der Waals surface area contributed by atoms with Crippen molar-refractivity contribution in [1.82, 2.24) is 0 Å². The summed E-state index contributed by atoms with van der Waals surface area (Å²) >= 11 is 0. The largest absolute Gasteiger partial charge is 0.360 e. The predicted octanol–water partition coefficient (Wildman–Crippen LogP) is 4.65. The highest BCUT2D eigenvalue weighted by atomic mass is 16.6. The molecule has 4 nitrogen and oxygen atoms in total. The molecule has 0 atom stereocenters. The minimum atomic E-state index is -0.425. The van der Waals surface area contributed by atoms with E-state index in [9.17, 15) is 10.1 Å². The third-order valence-electron chi connectivity index (χ3n) is 4.15. The van der Waals surface area contributed by atoms with Crippen LogP contribution < -0.4 is 4.90 Å². The SMILES string of the molecule is CC1=CC(C)(C)N(C(C)C)c2cc(C)c(/C=C\[N+](=O)[O-])cc21. The van der Waals surface area contributed by atoms with Crippen LogP contribution in [0.5, 0.6) is 0 Å². The molecular weight excluding hydrogens is 276 g/mol. The number of fused-ring (bicyclic) bond motifs is 1. The van der Waals surface area contributed by atoms with Gasteiger partial charge in [-0.25, -0.2) is 0 Å². The van der Waals surface area contributed by atoms with E-state index in [-0.39, 0.29) is 5.54 Å². The van der Waals surface area contributed by atoms with Gasteiger partial charge in [-0.05, 0) is 70.4 Å². The maximum atomic E-state index is 10.6. The zero-order valence-corrected chi connectivity index (χ0v) is 14.2. The van der Waals surface area contributed by atoms with Gasteiger partial charge in [-0.3, -0.25) is 10.1 Å². The average Bonchev–Trinajstić information content (AvgIpc) is 2.34. The Morgan fingerprint density at radius 3 is 2.45 bits per heavy atom. The van der Waals surface area contributed by atoms with E-state index >= 15 is 0 Å². The molecule has 2 rings (SSSR count). The van der Waals surface area contributed by atoms with Gasteiger partial charge in [-0.2, -0.15) is 0 Å². The van der Waals surface area contributed by atoms with E-state index < -0.39 is 4.92 Å². The van der Waals surface area contributed by atoms with E-state index in [1.54, 1.807) is 6.08 Å². The minimum absolute atomic E-state index is 0.0458. The number of hydrogen-bond acceptors (Lipinski definition) is 3. The molecule has 0 amide bonds. The molecule has 0 N–H and O–H groups in total. The number of hydrogen-bond donors (Lipinski definition) is 0. The van der Waals surface area contributed by atoms with Gasteiger partial charge in [0.25, 0.3) is 0 Å². The second kappa shape index (κ2) is 5.59. The van der Waals surface area contributed by atoms with E-state index in [1.165, 1.54) is 11.3 Å². The van der Waals surface area contributed by atoms with Gasteiger partial charge < -0.3 is 4.90 Å².